The molecule has 0 fully saturated rings. The molecule has 2 heteroatoms. The van der Waals surface area contributed by atoms with Crippen LogP contribution in [0.5, 0.6) is 0 Å². The summed E-state index contributed by atoms with van der Waals surface area (Å²) in [7, 11) is 0. The third-order valence-electron chi connectivity index (χ3n) is 1.57. The third kappa shape index (κ3) is 1.57. The number of nitrogens with zero attached hydrogens (tertiary/aromatic N) is 1. The Morgan fingerprint density at radius 3 is 2.80 bits per heavy atom. The highest BCUT2D eigenvalue weighted by atomic mass is 79.9. The number of hydrogen-bond donors (Lipinski definition) is 0. The summed E-state index contributed by atoms with van der Waals surface area (Å²) < 4.78 is 0.919. The molecule has 0 saturated heterocycles. The summed E-state index contributed by atoms with van der Waals surface area (Å²) in [5.41, 5.74) is 2.63. The Morgan fingerprint density at radius 1 is 1.60 bits per heavy atom. The van der Waals surface area contributed by atoms with Crippen LogP contribution in [0.1, 0.15) is 18.1 Å². The van der Waals surface area contributed by atoms with Crippen molar-refractivity contribution in [3.8, 4) is 0 Å². The molecule has 1 aromatic rings. The predicted octanol–water partition coefficient (Wildman–Crippen LogP) is 2.71. The second-order valence-corrected chi connectivity index (χ2v) is 3.10. The van der Waals surface area contributed by atoms with E-state index in [1.807, 2.05) is 12.3 Å². The average molecular weight is 200 g/mol. The SMILES string of the molecule is CCc1cnc(Br)cc1C. The van der Waals surface area contributed by atoms with Crippen molar-refractivity contribution in [2.24, 2.45) is 0 Å². The van der Waals surface area contributed by atoms with Crippen LogP contribution in [-0.2, 0) is 6.42 Å². The van der Waals surface area contributed by atoms with Gasteiger partial charge in [0.25, 0.3) is 0 Å². The third-order valence-corrected chi connectivity index (χ3v) is 2.00. The van der Waals surface area contributed by atoms with Crippen molar-refractivity contribution < 1.29 is 0 Å². The van der Waals surface area contributed by atoms with E-state index in [-0.39, 0.29) is 0 Å². The lowest BCUT2D eigenvalue weighted by atomic mass is 10.1. The first-order valence-electron chi connectivity index (χ1n) is 3.35. The lowest BCUT2D eigenvalue weighted by Gasteiger charge is -2.00. The zero-order valence-corrected chi connectivity index (χ0v) is 7.77. The molecule has 54 valence electrons. The molecule has 10 heavy (non-hydrogen) atoms. The fourth-order valence-corrected chi connectivity index (χ4v) is 1.37. The second-order valence-electron chi connectivity index (χ2n) is 2.29. The van der Waals surface area contributed by atoms with Gasteiger partial charge in [0, 0.05) is 6.20 Å². The van der Waals surface area contributed by atoms with Gasteiger partial charge < -0.3 is 0 Å². The Balaban J connectivity index is 3.07. The quantitative estimate of drug-likeness (QED) is 0.635. The minimum absolute atomic E-state index is 0.919. The highest BCUT2D eigenvalue weighted by molar-refractivity contribution is 9.10. The van der Waals surface area contributed by atoms with Gasteiger partial charge in [-0.1, -0.05) is 6.92 Å². The van der Waals surface area contributed by atoms with Crippen molar-refractivity contribution in [2.45, 2.75) is 20.3 Å². The number of aromatic nitrogens is 1. The molecule has 0 spiro atoms. The molecule has 0 amide bonds. The molecule has 0 radical (unpaired) electrons. The highest BCUT2D eigenvalue weighted by Gasteiger charge is 1.95. The van der Waals surface area contributed by atoms with Crippen molar-refractivity contribution in [3.63, 3.8) is 0 Å². The van der Waals surface area contributed by atoms with E-state index >= 15 is 0 Å². The summed E-state index contributed by atoms with van der Waals surface area (Å²) in [6.07, 6.45) is 2.98. The summed E-state index contributed by atoms with van der Waals surface area (Å²) in [4.78, 5) is 4.13. The second kappa shape index (κ2) is 3.15. The summed E-state index contributed by atoms with van der Waals surface area (Å²) >= 11 is 3.31. The first-order chi connectivity index (χ1) is 4.74. The van der Waals surface area contributed by atoms with Crippen LogP contribution in [0, 0.1) is 6.92 Å². The lowest BCUT2D eigenvalue weighted by molar-refractivity contribution is 1.06. The Bertz CT molecular complexity index is 233. The monoisotopic (exact) mass is 199 g/mol. The Hall–Kier alpha value is -0.370. The number of rotatable bonds is 1. The van der Waals surface area contributed by atoms with Gasteiger partial charge in [-0.2, -0.15) is 0 Å². The zero-order chi connectivity index (χ0) is 7.56. The van der Waals surface area contributed by atoms with Crippen LogP contribution in [-0.4, -0.2) is 4.98 Å². The van der Waals surface area contributed by atoms with Gasteiger partial charge in [0.2, 0.25) is 0 Å². The average Bonchev–Trinajstić information content (AvgIpc) is 1.88. The Kier molecular flexibility index (Phi) is 2.44. The predicted molar refractivity (Wildman–Crippen MR) is 46.1 cm³/mol. The van der Waals surface area contributed by atoms with Crippen molar-refractivity contribution >= 4 is 15.9 Å². The van der Waals surface area contributed by atoms with Crippen LogP contribution in [0.25, 0.3) is 0 Å². The first kappa shape index (κ1) is 7.73. The molecule has 0 aliphatic heterocycles. The summed E-state index contributed by atoms with van der Waals surface area (Å²) in [5.74, 6) is 0. The molecule has 0 N–H and O–H groups in total. The van der Waals surface area contributed by atoms with Gasteiger partial charge in [-0.25, -0.2) is 4.98 Å². The first-order valence-corrected chi connectivity index (χ1v) is 4.14. The topological polar surface area (TPSA) is 12.9 Å². The van der Waals surface area contributed by atoms with E-state index in [9.17, 15) is 0 Å². The van der Waals surface area contributed by atoms with E-state index < -0.39 is 0 Å². The molecule has 1 nitrogen and oxygen atoms in total. The van der Waals surface area contributed by atoms with Gasteiger partial charge in [-0.3, -0.25) is 0 Å². The number of pyridine rings is 1. The van der Waals surface area contributed by atoms with E-state index in [1.54, 1.807) is 0 Å². The summed E-state index contributed by atoms with van der Waals surface area (Å²) in [5, 5.41) is 0. The molecule has 0 aliphatic rings. The Morgan fingerprint density at radius 2 is 2.30 bits per heavy atom. The van der Waals surface area contributed by atoms with Crippen LogP contribution in [0.2, 0.25) is 0 Å². The minimum atomic E-state index is 0.919. The van der Waals surface area contributed by atoms with E-state index in [0.29, 0.717) is 0 Å². The molecular formula is C8H10BrN. The number of hydrogen-bond acceptors (Lipinski definition) is 1. The molecule has 0 aromatic carbocycles. The van der Waals surface area contributed by atoms with Crippen molar-refractivity contribution in [3.05, 3.63) is 28.0 Å². The minimum Gasteiger partial charge on any atom is -0.249 e. The largest absolute Gasteiger partial charge is 0.249 e. The van der Waals surface area contributed by atoms with Gasteiger partial charge in [-0.05, 0) is 46.5 Å². The number of halogens is 1. The van der Waals surface area contributed by atoms with Crippen LogP contribution < -0.4 is 0 Å². The molecule has 1 rings (SSSR count). The molecule has 0 aliphatic carbocycles. The maximum atomic E-state index is 4.13. The van der Waals surface area contributed by atoms with E-state index in [4.69, 9.17) is 0 Å². The van der Waals surface area contributed by atoms with Gasteiger partial charge >= 0.3 is 0 Å². The Labute approximate surface area is 69.6 Å². The molecule has 0 saturated carbocycles. The zero-order valence-electron chi connectivity index (χ0n) is 6.19. The van der Waals surface area contributed by atoms with Gasteiger partial charge in [0.1, 0.15) is 4.60 Å². The van der Waals surface area contributed by atoms with Crippen LogP contribution in [0.3, 0.4) is 0 Å². The normalized spacial score (nSPS) is 9.90. The van der Waals surface area contributed by atoms with Crippen molar-refractivity contribution in [1.82, 2.24) is 4.98 Å². The molecule has 0 unspecified atom stereocenters. The van der Waals surface area contributed by atoms with Gasteiger partial charge in [-0.15, -0.1) is 0 Å². The molecule has 0 bridgehead atoms. The van der Waals surface area contributed by atoms with Crippen LogP contribution >= 0.6 is 15.9 Å². The van der Waals surface area contributed by atoms with Crippen LogP contribution in [0.4, 0.5) is 0 Å². The van der Waals surface area contributed by atoms with Crippen LogP contribution in [0.15, 0.2) is 16.9 Å². The molecule has 0 atom stereocenters. The van der Waals surface area contributed by atoms with Crippen molar-refractivity contribution in [2.75, 3.05) is 0 Å². The fraction of sp³-hybridized carbons (Fsp3) is 0.375. The van der Waals surface area contributed by atoms with E-state index in [0.717, 1.165) is 11.0 Å². The van der Waals surface area contributed by atoms with E-state index in [1.165, 1.54) is 11.1 Å². The van der Waals surface area contributed by atoms with Crippen molar-refractivity contribution in [1.29, 1.82) is 0 Å². The highest BCUT2D eigenvalue weighted by Crippen LogP contribution is 2.12. The lowest BCUT2D eigenvalue weighted by Crippen LogP contribution is -1.87. The standard InChI is InChI=1S/C8H10BrN/c1-3-7-5-10-8(9)4-6(7)2/h4-5H,3H2,1-2H3. The summed E-state index contributed by atoms with van der Waals surface area (Å²) in [6.45, 7) is 4.24. The molecule has 1 aromatic heterocycles. The molecule has 1 heterocycles. The smallest absolute Gasteiger partial charge is 0.106 e. The van der Waals surface area contributed by atoms with Gasteiger partial charge in [0.05, 0.1) is 0 Å². The number of aryl methyl sites for hydroxylation is 2. The molecular weight excluding hydrogens is 190 g/mol. The summed E-state index contributed by atoms with van der Waals surface area (Å²) in [6, 6.07) is 2.04. The van der Waals surface area contributed by atoms with E-state index in [2.05, 4.69) is 34.8 Å². The maximum Gasteiger partial charge on any atom is 0.106 e. The van der Waals surface area contributed by atoms with Gasteiger partial charge in [0.15, 0.2) is 0 Å². The maximum absolute atomic E-state index is 4.13. The fourth-order valence-electron chi connectivity index (χ4n) is 0.920.